The number of alkyl halides is 3. The maximum Gasteiger partial charge on any atom is 0.433 e. The predicted molar refractivity (Wildman–Crippen MR) is 137 cm³/mol. The van der Waals surface area contributed by atoms with Gasteiger partial charge in [0.2, 0.25) is 0 Å². The average molecular weight is 545 g/mol. The molecule has 7 nitrogen and oxygen atoms in total. The number of rotatable bonds is 8. The first-order chi connectivity index (χ1) is 18.0. The first kappa shape index (κ1) is 26.0. The highest BCUT2D eigenvalue weighted by atomic mass is 32.2. The Morgan fingerprint density at radius 2 is 1.79 bits per heavy atom. The summed E-state index contributed by atoms with van der Waals surface area (Å²) in [6.45, 7) is 3.31. The van der Waals surface area contributed by atoms with E-state index in [1.807, 2.05) is 12.1 Å². The summed E-state index contributed by atoms with van der Waals surface area (Å²) in [6, 6.07) is 14.7. The Bertz CT molecular complexity index is 1620. The normalized spacial score (nSPS) is 14.2. The third-order valence-corrected chi connectivity index (χ3v) is 8.46. The summed E-state index contributed by atoms with van der Waals surface area (Å²) in [5, 5.41) is 7.68. The zero-order valence-corrected chi connectivity index (χ0v) is 21.7. The van der Waals surface area contributed by atoms with E-state index in [2.05, 4.69) is 15.0 Å². The van der Waals surface area contributed by atoms with Gasteiger partial charge in [0.25, 0.3) is 5.91 Å². The molecule has 2 aromatic carbocycles. The quantitative estimate of drug-likeness (QED) is 0.327. The summed E-state index contributed by atoms with van der Waals surface area (Å²) in [5.74, 6) is -0.291. The molecule has 2 aromatic heterocycles. The van der Waals surface area contributed by atoms with Crippen LogP contribution in [0.25, 0.3) is 10.9 Å². The topological polar surface area (TPSA) is 86.0 Å². The lowest BCUT2D eigenvalue weighted by Gasteiger charge is -2.13. The first-order valence-electron chi connectivity index (χ1n) is 12.3. The van der Waals surface area contributed by atoms with Crippen molar-refractivity contribution in [1.29, 1.82) is 0 Å². The number of hydrogen-bond donors (Lipinski definition) is 1. The first-order valence-corrected chi connectivity index (χ1v) is 14.0. The van der Waals surface area contributed by atoms with Gasteiger partial charge >= 0.3 is 6.18 Å². The Morgan fingerprint density at radius 3 is 2.42 bits per heavy atom. The number of benzene rings is 2. The molecular formula is C27H27F3N4O3S. The molecule has 0 aliphatic heterocycles. The number of sulfone groups is 1. The number of fused-ring (bicyclic) bond motifs is 1. The molecular weight excluding hydrogens is 517 g/mol. The molecule has 1 aliphatic rings. The van der Waals surface area contributed by atoms with E-state index in [0.717, 1.165) is 40.1 Å². The van der Waals surface area contributed by atoms with Crippen molar-refractivity contribution in [2.75, 3.05) is 5.75 Å². The van der Waals surface area contributed by atoms with Gasteiger partial charge in [0.05, 0.1) is 22.9 Å². The summed E-state index contributed by atoms with van der Waals surface area (Å²) < 4.78 is 67.6. The van der Waals surface area contributed by atoms with Crippen molar-refractivity contribution in [3.8, 4) is 0 Å². The van der Waals surface area contributed by atoms with Gasteiger partial charge in [0.1, 0.15) is 5.69 Å². The van der Waals surface area contributed by atoms with Gasteiger partial charge in [0.15, 0.2) is 9.84 Å². The van der Waals surface area contributed by atoms with Crippen LogP contribution in [0.5, 0.6) is 0 Å². The second kappa shape index (κ2) is 9.61. The number of nitrogens with one attached hydrogen (secondary N) is 1. The van der Waals surface area contributed by atoms with Crippen LogP contribution in [0.15, 0.2) is 59.5 Å². The zero-order valence-electron chi connectivity index (χ0n) is 20.9. The Hall–Kier alpha value is -3.60. The van der Waals surface area contributed by atoms with Crippen LogP contribution in [0.1, 0.15) is 58.8 Å². The summed E-state index contributed by atoms with van der Waals surface area (Å²) in [7, 11) is -3.29. The van der Waals surface area contributed by atoms with E-state index in [4.69, 9.17) is 0 Å². The molecule has 0 radical (unpaired) electrons. The maximum atomic E-state index is 13.5. The van der Waals surface area contributed by atoms with Crippen molar-refractivity contribution >= 4 is 26.6 Å². The highest BCUT2D eigenvalue weighted by Crippen LogP contribution is 2.40. The van der Waals surface area contributed by atoms with Crippen molar-refractivity contribution in [2.24, 2.45) is 0 Å². The summed E-state index contributed by atoms with van der Waals surface area (Å²) in [4.78, 5) is 13.1. The number of aromatic nitrogens is 3. The number of hydrogen-bond acceptors (Lipinski definition) is 4. The highest BCUT2D eigenvalue weighted by molar-refractivity contribution is 7.91. The molecule has 4 aromatic rings. The lowest BCUT2D eigenvalue weighted by molar-refractivity contribution is -0.144. The molecule has 1 amide bonds. The minimum Gasteiger partial charge on any atom is -0.348 e. The van der Waals surface area contributed by atoms with E-state index in [1.165, 1.54) is 19.1 Å². The number of amides is 1. The zero-order chi connectivity index (χ0) is 27.2. The molecule has 1 N–H and O–H groups in total. The Balaban J connectivity index is 1.37. The molecule has 0 saturated heterocycles. The number of aryl methyl sites for hydroxylation is 1. The monoisotopic (exact) mass is 544 g/mol. The van der Waals surface area contributed by atoms with E-state index in [9.17, 15) is 26.4 Å². The second-order valence-corrected chi connectivity index (χ2v) is 11.8. The molecule has 38 heavy (non-hydrogen) atoms. The number of carbonyl (C=O) groups excluding carboxylic acids is 1. The molecule has 1 aliphatic carbocycles. The summed E-state index contributed by atoms with van der Waals surface area (Å²) in [5.41, 5.74) is 2.26. The maximum absolute atomic E-state index is 13.5. The van der Waals surface area contributed by atoms with E-state index in [1.54, 1.807) is 31.2 Å². The molecule has 0 atom stereocenters. The van der Waals surface area contributed by atoms with E-state index in [-0.39, 0.29) is 35.7 Å². The minimum absolute atomic E-state index is 0.0147. The molecule has 1 saturated carbocycles. The summed E-state index contributed by atoms with van der Waals surface area (Å²) >= 11 is 0. The second-order valence-electron chi connectivity index (χ2n) is 9.57. The van der Waals surface area contributed by atoms with Gasteiger partial charge in [0, 0.05) is 34.7 Å². The van der Waals surface area contributed by atoms with Crippen molar-refractivity contribution in [3.05, 3.63) is 82.8 Å². The van der Waals surface area contributed by atoms with E-state index in [0.29, 0.717) is 17.0 Å². The Kier molecular flexibility index (Phi) is 6.58. The van der Waals surface area contributed by atoms with Crippen LogP contribution < -0.4 is 5.32 Å². The largest absolute Gasteiger partial charge is 0.433 e. The van der Waals surface area contributed by atoms with Crippen LogP contribution >= 0.6 is 0 Å². The SMILES string of the molecule is CCS(=O)(=O)c1ccc(CNC(=O)c2ccc3c(c2)cc(Cn2nc(C)cc2C(F)(F)F)n3C2CC2)cc1. The molecule has 0 spiro atoms. The van der Waals surface area contributed by atoms with Crippen molar-refractivity contribution in [2.45, 2.75) is 56.9 Å². The molecule has 0 unspecified atom stereocenters. The van der Waals surface area contributed by atoms with Gasteiger partial charge < -0.3 is 9.88 Å². The van der Waals surface area contributed by atoms with Crippen LogP contribution in [0, 0.1) is 6.92 Å². The number of nitrogens with zero attached hydrogens (tertiary/aromatic N) is 3. The van der Waals surface area contributed by atoms with Gasteiger partial charge in [-0.1, -0.05) is 19.1 Å². The van der Waals surface area contributed by atoms with Crippen molar-refractivity contribution < 1.29 is 26.4 Å². The lowest BCUT2D eigenvalue weighted by atomic mass is 10.1. The number of carbonyl (C=O) groups is 1. The Labute approximate surface area is 218 Å². The average Bonchev–Trinajstić information content (AvgIpc) is 3.54. The molecule has 1 fully saturated rings. The van der Waals surface area contributed by atoms with Gasteiger partial charge in [-0.2, -0.15) is 18.3 Å². The van der Waals surface area contributed by atoms with Gasteiger partial charge in [-0.15, -0.1) is 0 Å². The minimum atomic E-state index is -4.51. The molecule has 5 rings (SSSR count). The highest BCUT2D eigenvalue weighted by Gasteiger charge is 2.36. The van der Waals surface area contributed by atoms with Crippen LogP contribution in [-0.4, -0.2) is 34.4 Å². The summed E-state index contributed by atoms with van der Waals surface area (Å²) in [6.07, 6.45) is -2.61. The smallest absolute Gasteiger partial charge is 0.348 e. The van der Waals surface area contributed by atoms with Gasteiger partial charge in [-0.25, -0.2) is 8.42 Å². The lowest BCUT2D eigenvalue weighted by Crippen LogP contribution is -2.22. The Morgan fingerprint density at radius 1 is 1.08 bits per heavy atom. The van der Waals surface area contributed by atoms with E-state index < -0.39 is 21.7 Å². The molecule has 2 heterocycles. The van der Waals surface area contributed by atoms with Gasteiger partial charge in [-0.05, 0) is 67.8 Å². The van der Waals surface area contributed by atoms with Crippen LogP contribution in [-0.2, 0) is 29.1 Å². The predicted octanol–water partition coefficient (Wildman–Crippen LogP) is 5.27. The van der Waals surface area contributed by atoms with Crippen molar-refractivity contribution in [1.82, 2.24) is 19.7 Å². The van der Waals surface area contributed by atoms with Crippen LogP contribution in [0.2, 0.25) is 0 Å². The van der Waals surface area contributed by atoms with Crippen LogP contribution in [0.4, 0.5) is 13.2 Å². The third-order valence-electron chi connectivity index (χ3n) is 6.71. The van der Waals surface area contributed by atoms with Gasteiger partial charge in [-0.3, -0.25) is 9.48 Å². The standard InChI is InChI=1S/C27H27F3N4O3S/c1-3-38(36,37)23-9-4-18(5-10-23)15-31-26(35)19-6-11-24-20(13-19)14-22(34(24)21-7-8-21)16-33-25(27(28,29)30)12-17(2)32-33/h4-6,9-14,21H,3,7-8,15-16H2,1-2H3,(H,31,35). The number of halogens is 3. The fourth-order valence-electron chi connectivity index (χ4n) is 4.63. The van der Waals surface area contributed by atoms with E-state index >= 15 is 0 Å². The molecule has 200 valence electrons. The fourth-order valence-corrected chi connectivity index (χ4v) is 5.52. The van der Waals surface area contributed by atoms with Crippen molar-refractivity contribution in [3.63, 3.8) is 0 Å². The molecule has 0 bridgehead atoms. The fraction of sp³-hybridized carbons (Fsp3) is 0.333. The third kappa shape index (κ3) is 5.20. The van der Waals surface area contributed by atoms with Crippen LogP contribution in [0.3, 0.4) is 0 Å². The molecule has 11 heteroatoms.